The molecule has 0 spiro atoms. The van der Waals surface area contributed by atoms with Crippen molar-refractivity contribution in [3.8, 4) is 5.69 Å². The zero-order valence-electron chi connectivity index (χ0n) is 9.87. The summed E-state index contributed by atoms with van der Waals surface area (Å²) in [4.78, 5) is 3.85. The third-order valence-electron chi connectivity index (χ3n) is 2.89. The fourth-order valence-electron chi connectivity index (χ4n) is 2.02. The number of nitrogen functional groups attached to an aromatic ring is 1. The molecule has 102 valence electrons. The molecule has 0 bridgehead atoms. The highest BCUT2D eigenvalue weighted by Crippen LogP contribution is 2.29. The summed E-state index contributed by atoms with van der Waals surface area (Å²) in [7, 11) is 0. The highest BCUT2D eigenvalue weighted by Gasteiger charge is 2.17. The smallest absolute Gasteiger partial charge is 0.206 e. The molecule has 1 aromatic heterocycles. The first-order chi connectivity index (χ1) is 9.49. The second-order valence-electron chi connectivity index (χ2n) is 4.13. The number of halogens is 4. The van der Waals surface area contributed by atoms with Crippen molar-refractivity contribution in [2.75, 3.05) is 5.73 Å². The van der Waals surface area contributed by atoms with Crippen molar-refractivity contribution in [1.82, 2.24) is 9.55 Å². The molecule has 7 heteroatoms. The Labute approximate surface area is 120 Å². The van der Waals surface area contributed by atoms with E-state index in [1.165, 1.54) is 22.8 Å². The summed E-state index contributed by atoms with van der Waals surface area (Å²) in [6, 6.07) is 6.15. The summed E-state index contributed by atoms with van der Waals surface area (Å²) in [5.74, 6) is -2.05. The first-order valence-corrected chi connectivity index (χ1v) is 6.35. The number of rotatable bonds is 1. The molecule has 3 rings (SSSR count). The van der Waals surface area contributed by atoms with Gasteiger partial charge in [-0.25, -0.2) is 18.2 Å². The van der Waals surface area contributed by atoms with Crippen LogP contribution in [0.4, 0.5) is 19.1 Å². The minimum Gasteiger partial charge on any atom is -0.369 e. The minimum absolute atomic E-state index is 0.00655. The largest absolute Gasteiger partial charge is 0.369 e. The summed E-state index contributed by atoms with van der Waals surface area (Å²) < 4.78 is 42.4. The average Bonchev–Trinajstić information content (AvgIpc) is 2.72. The van der Waals surface area contributed by atoms with Gasteiger partial charge >= 0.3 is 0 Å². The molecule has 3 nitrogen and oxygen atoms in total. The predicted octanol–water partition coefficient (Wildman–Crippen LogP) is 3.79. The Morgan fingerprint density at radius 2 is 1.80 bits per heavy atom. The molecule has 2 aromatic carbocycles. The van der Waals surface area contributed by atoms with E-state index in [2.05, 4.69) is 20.9 Å². The molecule has 0 fully saturated rings. The minimum atomic E-state index is -0.700. The fourth-order valence-corrected chi connectivity index (χ4v) is 2.34. The number of para-hydroxylation sites is 1. The zero-order valence-corrected chi connectivity index (χ0v) is 11.5. The van der Waals surface area contributed by atoms with Gasteiger partial charge in [0.15, 0.2) is 5.82 Å². The summed E-state index contributed by atoms with van der Waals surface area (Å²) in [6.45, 7) is 0. The Hall–Kier alpha value is -2.02. The second kappa shape index (κ2) is 4.52. The van der Waals surface area contributed by atoms with Crippen LogP contribution in [-0.2, 0) is 0 Å². The Kier molecular flexibility index (Phi) is 2.93. The lowest BCUT2D eigenvalue weighted by Gasteiger charge is -2.09. The number of aromatic nitrogens is 2. The molecule has 0 saturated heterocycles. The van der Waals surface area contributed by atoms with Gasteiger partial charge in [-0.05, 0) is 34.1 Å². The van der Waals surface area contributed by atoms with Crippen LogP contribution in [0.1, 0.15) is 0 Å². The van der Waals surface area contributed by atoms with Crippen molar-refractivity contribution < 1.29 is 13.2 Å². The Balaban J connectivity index is 2.38. The molecule has 0 aliphatic rings. The van der Waals surface area contributed by atoms with Gasteiger partial charge < -0.3 is 5.73 Å². The molecule has 0 radical (unpaired) electrons. The van der Waals surface area contributed by atoms with Gasteiger partial charge in [0.1, 0.15) is 17.2 Å². The Bertz CT molecular complexity index is 829. The van der Waals surface area contributed by atoms with Gasteiger partial charge in [0.25, 0.3) is 0 Å². The lowest BCUT2D eigenvalue weighted by Crippen LogP contribution is -2.04. The maximum atomic E-state index is 14.0. The van der Waals surface area contributed by atoms with Crippen LogP contribution >= 0.6 is 15.9 Å². The van der Waals surface area contributed by atoms with Gasteiger partial charge in [0, 0.05) is 6.07 Å². The van der Waals surface area contributed by atoms with Crippen molar-refractivity contribution in [3.05, 3.63) is 52.3 Å². The van der Waals surface area contributed by atoms with Crippen molar-refractivity contribution >= 4 is 32.9 Å². The molecule has 20 heavy (non-hydrogen) atoms. The summed E-state index contributed by atoms with van der Waals surface area (Å²) in [5.41, 5.74) is 5.84. The van der Waals surface area contributed by atoms with E-state index in [0.717, 1.165) is 12.1 Å². The van der Waals surface area contributed by atoms with Gasteiger partial charge in [-0.15, -0.1) is 0 Å². The van der Waals surface area contributed by atoms with Crippen LogP contribution in [0.5, 0.6) is 0 Å². The first-order valence-electron chi connectivity index (χ1n) is 5.56. The highest BCUT2D eigenvalue weighted by molar-refractivity contribution is 9.10. The van der Waals surface area contributed by atoms with E-state index in [4.69, 9.17) is 5.73 Å². The van der Waals surface area contributed by atoms with Crippen LogP contribution in [-0.4, -0.2) is 9.55 Å². The van der Waals surface area contributed by atoms with Gasteiger partial charge in [0.05, 0.1) is 15.7 Å². The molecule has 0 atom stereocenters. The van der Waals surface area contributed by atoms with Gasteiger partial charge in [-0.3, -0.25) is 4.57 Å². The quantitative estimate of drug-likeness (QED) is 0.684. The topological polar surface area (TPSA) is 43.8 Å². The Morgan fingerprint density at radius 1 is 1.05 bits per heavy atom. The van der Waals surface area contributed by atoms with E-state index in [9.17, 15) is 13.2 Å². The van der Waals surface area contributed by atoms with Crippen molar-refractivity contribution in [2.24, 2.45) is 0 Å². The van der Waals surface area contributed by atoms with E-state index >= 15 is 0 Å². The van der Waals surface area contributed by atoms with Crippen molar-refractivity contribution in [1.29, 1.82) is 0 Å². The highest BCUT2D eigenvalue weighted by atomic mass is 79.9. The number of imidazole rings is 1. The summed E-state index contributed by atoms with van der Waals surface area (Å²) in [6.07, 6.45) is 0. The molecule has 1 heterocycles. The second-order valence-corrected chi connectivity index (χ2v) is 4.99. The summed E-state index contributed by atoms with van der Waals surface area (Å²) >= 11 is 2.89. The molecule has 3 aromatic rings. The van der Waals surface area contributed by atoms with Gasteiger partial charge in [-0.2, -0.15) is 0 Å². The normalized spacial score (nSPS) is 11.2. The molecule has 0 unspecified atom stereocenters. The average molecular weight is 342 g/mol. The third kappa shape index (κ3) is 1.85. The van der Waals surface area contributed by atoms with Crippen LogP contribution in [0.25, 0.3) is 16.7 Å². The molecular weight excluding hydrogens is 335 g/mol. The SMILES string of the molecule is Nc1nc2c(F)cccc2n1-c1cc(F)c(Br)cc1F. The molecule has 0 aliphatic carbocycles. The predicted molar refractivity (Wildman–Crippen MR) is 73.1 cm³/mol. The number of hydrogen-bond acceptors (Lipinski definition) is 2. The van der Waals surface area contributed by atoms with E-state index in [-0.39, 0.29) is 27.1 Å². The van der Waals surface area contributed by atoms with Crippen LogP contribution in [0.3, 0.4) is 0 Å². The number of hydrogen-bond donors (Lipinski definition) is 1. The van der Waals surface area contributed by atoms with E-state index < -0.39 is 17.5 Å². The number of benzene rings is 2. The van der Waals surface area contributed by atoms with E-state index in [1.807, 2.05) is 0 Å². The number of nitrogens with two attached hydrogens (primary N) is 1. The van der Waals surface area contributed by atoms with Crippen LogP contribution in [0.15, 0.2) is 34.8 Å². The molecule has 0 aliphatic heterocycles. The van der Waals surface area contributed by atoms with Gasteiger partial charge in [0.2, 0.25) is 5.95 Å². The van der Waals surface area contributed by atoms with Gasteiger partial charge in [-0.1, -0.05) is 6.07 Å². The molecule has 2 N–H and O–H groups in total. The zero-order chi connectivity index (χ0) is 14.4. The number of fused-ring (bicyclic) bond motifs is 1. The summed E-state index contributed by atoms with van der Waals surface area (Å²) in [5, 5.41) is 0. The molecule has 0 amide bonds. The van der Waals surface area contributed by atoms with Crippen molar-refractivity contribution in [3.63, 3.8) is 0 Å². The Morgan fingerprint density at radius 3 is 2.55 bits per heavy atom. The van der Waals surface area contributed by atoms with E-state index in [1.54, 1.807) is 0 Å². The lowest BCUT2D eigenvalue weighted by atomic mass is 10.2. The number of nitrogens with zero attached hydrogens (tertiary/aromatic N) is 2. The third-order valence-corrected chi connectivity index (χ3v) is 3.50. The first kappa shape index (κ1) is 13.0. The lowest BCUT2D eigenvalue weighted by molar-refractivity contribution is 0.588. The van der Waals surface area contributed by atoms with Crippen LogP contribution in [0.2, 0.25) is 0 Å². The molecular formula is C13H7BrF3N3. The maximum Gasteiger partial charge on any atom is 0.206 e. The van der Waals surface area contributed by atoms with E-state index in [0.29, 0.717) is 0 Å². The van der Waals surface area contributed by atoms with Crippen molar-refractivity contribution in [2.45, 2.75) is 0 Å². The molecule has 0 saturated carbocycles. The van der Waals surface area contributed by atoms with Crippen LogP contribution < -0.4 is 5.73 Å². The number of anilines is 1. The van der Waals surface area contributed by atoms with Crippen LogP contribution in [0, 0.1) is 17.5 Å². The maximum absolute atomic E-state index is 14.0. The monoisotopic (exact) mass is 341 g/mol. The fraction of sp³-hybridized carbons (Fsp3) is 0. The standard InChI is InChI=1S/C13H7BrF3N3/c14-6-4-9(17)11(5-8(6)16)20-10-3-1-2-7(15)12(10)19-13(20)18/h1-5H,(H2,18,19).